The molecule has 1 fully saturated rings. The van der Waals surface area contributed by atoms with Crippen molar-refractivity contribution in [2.24, 2.45) is 0 Å². The summed E-state index contributed by atoms with van der Waals surface area (Å²) in [5.74, 6) is 0.0171. The van der Waals surface area contributed by atoms with E-state index in [2.05, 4.69) is 22.1 Å². The Labute approximate surface area is 121 Å². The zero-order chi connectivity index (χ0) is 14.4. The summed E-state index contributed by atoms with van der Waals surface area (Å²) in [7, 11) is 0. The number of aromatic amines is 1. The van der Waals surface area contributed by atoms with Crippen LogP contribution >= 0.6 is 0 Å². The van der Waals surface area contributed by atoms with E-state index in [1.165, 1.54) is 5.56 Å². The van der Waals surface area contributed by atoms with E-state index in [0.717, 1.165) is 29.7 Å². The first-order valence-corrected chi connectivity index (χ1v) is 6.98. The van der Waals surface area contributed by atoms with E-state index in [1.807, 2.05) is 18.2 Å². The lowest BCUT2D eigenvalue weighted by Gasteiger charge is -2.12. The van der Waals surface area contributed by atoms with Crippen LogP contribution in [0.3, 0.4) is 0 Å². The average molecular weight is 278 g/mol. The molecule has 21 heavy (non-hydrogen) atoms. The molecule has 0 atom stereocenters. The Morgan fingerprint density at radius 2 is 1.90 bits per heavy atom. The number of nitrogens with one attached hydrogen (secondary N) is 1. The molecule has 1 aliphatic rings. The first kappa shape index (κ1) is 12.1. The van der Waals surface area contributed by atoms with E-state index < -0.39 is 5.97 Å². The second kappa shape index (κ2) is 4.19. The van der Waals surface area contributed by atoms with E-state index in [9.17, 15) is 4.79 Å². The fourth-order valence-corrected chi connectivity index (χ4v) is 2.91. The van der Waals surface area contributed by atoms with Crippen LogP contribution in [0.15, 0.2) is 48.5 Å². The van der Waals surface area contributed by atoms with Gasteiger partial charge in [0.2, 0.25) is 0 Å². The van der Waals surface area contributed by atoms with E-state index in [4.69, 9.17) is 5.11 Å². The zero-order valence-electron chi connectivity index (χ0n) is 11.3. The largest absolute Gasteiger partial charge is 0.478 e. The van der Waals surface area contributed by atoms with Crippen molar-refractivity contribution in [3.8, 4) is 0 Å². The monoisotopic (exact) mass is 278 g/mol. The third-order valence-corrected chi connectivity index (χ3v) is 4.26. The molecule has 1 saturated carbocycles. The SMILES string of the molecule is O=C(O)c1ccc2nc(C3(c4ccccc4)CC3)[nH]c2c1. The molecule has 2 N–H and O–H groups in total. The van der Waals surface area contributed by atoms with Crippen LogP contribution in [0.1, 0.15) is 34.6 Å². The number of carboxylic acids is 1. The molecular formula is C17H14N2O2. The molecule has 4 nitrogen and oxygen atoms in total. The molecule has 3 aromatic rings. The van der Waals surface area contributed by atoms with Crippen molar-refractivity contribution in [3.63, 3.8) is 0 Å². The van der Waals surface area contributed by atoms with E-state index in [1.54, 1.807) is 18.2 Å². The molecule has 0 saturated heterocycles. The highest BCUT2D eigenvalue weighted by atomic mass is 16.4. The minimum atomic E-state index is -0.919. The molecule has 2 aromatic carbocycles. The summed E-state index contributed by atoms with van der Waals surface area (Å²) < 4.78 is 0. The molecule has 1 heterocycles. The quantitative estimate of drug-likeness (QED) is 0.772. The Morgan fingerprint density at radius 1 is 1.14 bits per heavy atom. The Bertz CT molecular complexity index is 832. The summed E-state index contributed by atoms with van der Waals surface area (Å²) in [6, 6.07) is 15.4. The molecule has 104 valence electrons. The van der Waals surface area contributed by atoms with E-state index in [-0.39, 0.29) is 11.0 Å². The van der Waals surface area contributed by atoms with Crippen LogP contribution in [0.4, 0.5) is 0 Å². The minimum absolute atomic E-state index is 0.0241. The molecule has 1 aromatic heterocycles. The second-order valence-corrected chi connectivity index (χ2v) is 5.57. The van der Waals surface area contributed by atoms with Gasteiger partial charge in [-0.2, -0.15) is 0 Å². The van der Waals surface area contributed by atoms with Gasteiger partial charge in [-0.1, -0.05) is 30.3 Å². The van der Waals surface area contributed by atoms with Gasteiger partial charge in [0, 0.05) is 0 Å². The number of fused-ring (bicyclic) bond motifs is 1. The summed E-state index contributed by atoms with van der Waals surface area (Å²) in [6.45, 7) is 0. The highest BCUT2D eigenvalue weighted by molar-refractivity contribution is 5.92. The predicted molar refractivity (Wildman–Crippen MR) is 79.5 cm³/mol. The number of hydrogen-bond donors (Lipinski definition) is 2. The first-order chi connectivity index (χ1) is 10.2. The predicted octanol–water partition coefficient (Wildman–Crippen LogP) is 3.34. The summed E-state index contributed by atoms with van der Waals surface area (Å²) >= 11 is 0. The molecule has 0 spiro atoms. The highest BCUT2D eigenvalue weighted by Crippen LogP contribution is 2.52. The van der Waals surface area contributed by atoms with Gasteiger partial charge < -0.3 is 10.1 Å². The smallest absolute Gasteiger partial charge is 0.335 e. The molecular weight excluding hydrogens is 264 g/mol. The number of rotatable bonds is 3. The van der Waals surface area contributed by atoms with Crippen LogP contribution in [0.25, 0.3) is 11.0 Å². The number of hydrogen-bond acceptors (Lipinski definition) is 2. The van der Waals surface area contributed by atoms with Gasteiger partial charge in [-0.05, 0) is 36.6 Å². The van der Waals surface area contributed by atoms with Gasteiger partial charge in [-0.25, -0.2) is 9.78 Å². The third kappa shape index (κ3) is 1.83. The number of aromatic carboxylic acids is 1. The molecule has 0 bridgehead atoms. The molecule has 0 radical (unpaired) electrons. The van der Waals surface area contributed by atoms with Crippen molar-refractivity contribution in [2.45, 2.75) is 18.3 Å². The number of aromatic nitrogens is 2. The van der Waals surface area contributed by atoms with E-state index in [0.29, 0.717) is 0 Å². The third-order valence-electron chi connectivity index (χ3n) is 4.26. The van der Waals surface area contributed by atoms with Gasteiger partial charge in [0.1, 0.15) is 5.82 Å². The average Bonchev–Trinajstić information content (AvgIpc) is 3.21. The topological polar surface area (TPSA) is 66.0 Å². The maximum Gasteiger partial charge on any atom is 0.335 e. The van der Waals surface area contributed by atoms with Gasteiger partial charge >= 0.3 is 5.97 Å². The number of carboxylic acid groups (broad SMARTS) is 1. The van der Waals surface area contributed by atoms with Crippen molar-refractivity contribution in [1.82, 2.24) is 9.97 Å². The lowest BCUT2D eigenvalue weighted by molar-refractivity contribution is 0.0697. The van der Waals surface area contributed by atoms with Gasteiger partial charge in [0.25, 0.3) is 0 Å². The first-order valence-electron chi connectivity index (χ1n) is 6.98. The minimum Gasteiger partial charge on any atom is -0.478 e. The van der Waals surface area contributed by atoms with Crippen LogP contribution in [-0.2, 0) is 5.41 Å². The van der Waals surface area contributed by atoms with Crippen molar-refractivity contribution in [2.75, 3.05) is 0 Å². The molecule has 0 unspecified atom stereocenters. The Kier molecular flexibility index (Phi) is 2.42. The summed E-state index contributed by atoms with van der Waals surface area (Å²) in [6.07, 6.45) is 2.14. The standard InChI is InChI=1S/C17H14N2O2/c20-15(21)11-6-7-13-14(10-11)19-16(18-13)17(8-9-17)12-4-2-1-3-5-12/h1-7,10H,8-9H2,(H,18,19)(H,20,21). The van der Waals surface area contributed by atoms with E-state index >= 15 is 0 Å². The summed E-state index contributed by atoms with van der Waals surface area (Å²) in [5.41, 5.74) is 3.12. The van der Waals surface area contributed by atoms with Crippen molar-refractivity contribution in [3.05, 3.63) is 65.5 Å². The van der Waals surface area contributed by atoms with Crippen molar-refractivity contribution < 1.29 is 9.90 Å². The van der Waals surface area contributed by atoms with Crippen LogP contribution in [-0.4, -0.2) is 21.0 Å². The van der Waals surface area contributed by atoms with Gasteiger partial charge in [0.15, 0.2) is 0 Å². The number of nitrogens with zero attached hydrogens (tertiary/aromatic N) is 1. The Balaban J connectivity index is 1.83. The fraction of sp³-hybridized carbons (Fsp3) is 0.176. The molecule has 4 heteroatoms. The highest BCUT2D eigenvalue weighted by Gasteiger charge is 2.48. The van der Waals surface area contributed by atoms with Crippen molar-refractivity contribution >= 4 is 17.0 Å². The van der Waals surface area contributed by atoms with Gasteiger partial charge in [-0.3, -0.25) is 0 Å². The molecule has 4 rings (SSSR count). The lowest BCUT2D eigenvalue weighted by Crippen LogP contribution is -2.10. The maximum absolute atomic E-state index is 11.0. The van der Waals surface area contributed by atoms with Gasteiger partial charge in [0.05, 0.1) is 22.0 Å². The Morgan fingerprint density at radius 3 is 2.57 bits per heavy atom. The number of carbonyl (C=O) groups is 1. The summed E-state index contributed by atoms with van der Waals surface area (Å²) in [4.78, 5) is 19.0. The number of imidazole rings is 1. The summed E-state index contributed by atoms with van der Waals surface area (Å²) in [5, 5.41) is 9.07. The van der Waals surface area contributed by atoms with Crippen LogP contribution in [0.5, 0.6) is 0 Å². The maximum atomic E-state index is 11.0. The second-order valence-electron chi connectivity index (χ2n) is 5.57. The van der Waals surface area contributed by atoms with Crippen LogP contribution in [0, 0.1) is 0 Å². The molecule has 0 aliphatic heterocycles. The fourth-order valence-electron chi connectivity index (χ4n) is 2.91. The Hall–Kier alpha value is -2.62. The zero-order valence-corrected chi connectivity index (χ0v) is 11.3. The molecule has 1 aliphatic carbocycles. The number of H-pyrrole nitrogens is 1. The molecule has 0 amide bonds. The van der Waals surface area contributed by atoms with Gasteiger partial charge in [-0.15, -0.1) is 0 Å². The van der Waals surface area contributed by atoms with Crippen molar-refractivity contribution in [1.29, 1.82) is 0 Å². The normalized spacial score (nSPS) is 16.0. The number of benzene rings is 2. The van der Waals surface area contributed by atoms with Crippen LogP contribution in [0.2, 0.25) is 0 Å². The lowest BCUT2D eigenvalue weighted by atomic mass is 9.95. The van der Waals surface area contributed by atoms with Crippen LogP contribution < -0.4 is 0 Å².